The molecular formula is C26H27N5O2S. The molecule has 4 aromatic rings. The lowest BCUT2D eigenvalue weighted by molar-refractivity contribution is -0.116. The molecule has 2 aromatic heterocycles. The number of thioether (sulfide) groups is 1. The molecule has 1 saturated heterocycles. The van der Waals surface area contributed by atoms with E-state index >= 15 is 0 Å². The van der Waals surface area contributed by atoms with Crippen molar-refractivity contribution >= 4 is 40.2 Å². The Kier molecular flexibility index (Phi) is 6.67. The van der Waals surface area contributed by atoms with Gasteiger partial charge in [0.25, 0.3) is 0 Å². The van der Waals surface area contributed by atoms with Crippen LogP contribution in [-0.2, 0) is 11.3 Å². The smallest absolute Gasteiger partial charge is 0.244 e. The van der Waals surface area contributed by atoms with Gasteiger partial charge >= 0.3 is 0 Å². The van der Waals surface area contributed by atoms with Gasteiger partial charge in [-0.15, -0.1) is 0 Å². The van der Waals surface area contributed by atoms with Crippen LogP contribution in [-0.4, -0.2) is 51.6 Å². The fraction of sp³-hybridized carbons (Fsp3) is 0.269. The first-order valence-corrected chi connectivity index (χ1v) is 12.6. The molecule has 0 atom stereocenters. The molecule has 8 heteroatoms. The van der Waals surface area contributed by atoms with E-state index in [1.807, 2.05) is 71.9 Å². The van der Waals surface area contributed by atoms with Gasteiger partial charge in [0.2, 0.25) is 5.91 Å². The summed E-state index contributed by atoms with van der Waals surface area (Å²) >= 11 is 1.96. The lowest BCUT2D eigenvalue weighted by Gasteiger charge is -2.28. The number of nitrogens with zero attached hydrogens (tertiary/aromatic N) is 4. The van der Waals surface area contributed by atoms with Crippen LogP contribution < -0.4 is 15.0 Å². The fourth-order valence-corrected chi connectivity index (χ4v) is 5.13. The van der Waals surface area contributed by atoms with Crippen molar-refractivity contribution < 1.29 is 9.53 Å². The number of benzene rings is 2. The molecule has 0 radical (unpaired) electrons. The van der Waals surface area contributed by atoms with E-state index in [1.165, 1.54) is 0 Å². The number of carbonyl (C=O) groups excluding carboxylic acids is 1. The highest BCUT2D eigenvalue weighted by atomic mass is 32.2. The van der Waals surface area contributed by atoms with E-state index < -0.39 is 0 Å². The van der Waals surface area contributed by atoms with Crippen molar-refractivity contribution in [2.45, 2.75) is 13.5 Å². The highest BCUT2D eigenvalue weighted by Crippen LogP contribution is 2.34. The molecule has 174 valence electrons. The molecule has 1 aliphatic rings. The van der Waals surface area contributed by atoms with E-state index in [2.05, 4.69) is 32.3 Å². The molecule has 3 heterocycles. The second-order valence-corrected chi connectivity index (χ2v) is 9.26. The summed E-state index contributed by atoms with van der Waals surface area (Å²) in [6, 6.07) is 17.6. The van der Waals surface area contributed by atoms with Crippen LogP contribution in [0.25, 0.3) is 22.2 Å². The van der Waals surface area contributed by atoms with Crippen LogP contribution >= 0.6 is 11.8 Å². The summed E-state index contributed by atoms with van der Waals surface area (Å²) in [5.41, 5.74) is 4.56. The van der Waals surface area contributed by atoms with Crippen molar-refractivity contribution in [3.8, 4) is 16.9 Å². The van der Waals surface area contributed by atoms with Gasteiger partial charge in [-0.25, -0.2) is 9.97 Å². The topological polar surface area (TPSA) is 72.3 Å². The first kappa shape index (κ1) is 22.3. The second kappa shape index (κ2) is 10.2. The second-order valence-electron chi connectivity index (χ2n) is 8.04. The van der Waals surface area contributed by atoms with Gasteiger partial charge in [-0.05, 0) is 36.8 Å². The maximum atomic E-state index is 13.0. The fourth-order valence-electron chi connectivity index (χ4n) is 4.23. The minimum atomic E-state index is -0.107. The van der Waals surface area contributed by atoms with Gasteiger partial charge in [-0.1, -0.05) is 30.3 Å². The average Bonchev–Trinajstić information content (AvgIpc) is 3.25. The Morgan fingerprint density at radius 1 is 1.06 bits per heavy atom. The number of fused-ring (bicyclic) bond motifs is 1. The molecule has 1 N–H and O–H groups in total. The molecule has 0 spiro atoms. The number of hydrogen-bond acceptors (Lipinski definition) is 6. The molecule has 34 heavy (non-hydrogen) atoms. The first-order valence-electron chi connectivity index (χ1n) is 11.5. The Balaban J connectivity index is 1.49. The van der Waals surface area contributed by atoms with Gasteiger partial charge in [-0.3, -0.25) is 4.79 Å². The van der Waals surface area contributed by atoms with Crippen molar-refractivity contribution in [2.75, 3.05) is 41.4 Å². The largest absolute Gasteiger partial charge is 0.494 e. The molecule has 0 bridgehead atoms. The summed E-state index contributed by atoms with van der Waals surface area (Å²) in [6.07, 6.45) is 3.66. The number of ether oxygens (including phenoxy) is 1. The van der Waals surface area contributed by atoms with Crippen LogP contribution in [0.4, 0.5) is 11.5 Å². The molecule has 1 aliphatic heterocycles. The predicted molar refractivity (Wildman–Crippen MR) is 139 cm³/mol. The summed E-state index contributed by atoms with van der Waals surface area (Å²) in [7, 11) is 0. The third-order valence-electron chi connectivity index (χ3n) is 5.79. The Labute approximate surface area is 203 Å². The van der Waals surface area contributed by atoms with Gasteiger partial charge in [-0.2, -0.15) is 11.8 Å². The maximum absolute atomic E-state index is 13.0. The standard InChI is InChI=1S/C26H27N5O2S/c1-2-33-21-10-8-20(9-11-21)29-23(32)17-31-16-22(19-6-4-3-5-7-19)24-25(31)26(28-18-27-24)30-12-14-34-15-13-30/h3-11,16,18H,2,12-15,17H2,1H3,(H,29,32). The molecule has 1 fully saturated rings. The van der Waals surface area contributed by atoms with Gasteiger partial charge in [0.1, 0.15) is 29.7 Å². The van der Waals surface area contributed by atoms with Gasteiger partial charge in [0, 0.05) is 42.0 Å². The summed E-state index contributed by atoms with van der Waals surface area (Å²) in [5.74, 6) is 3.70. The normalized spacial score (nSPS) is 13.7. The van der Waals surface area contributed by atoms with Gasteiger partial charge < -0.3 is 19.5 Å². The number of hydrogen-bond donors (Lipinski definition) is 1. The average molecular weight is 474 g/mol. The summed E-state index contributed by atoms with van der Waals surface area (Å²) in [6.45, 7) is 4.58. The van der Waals surface area contributed by atoms with Crippen molar-refractivity contribution in [1.29, 1.82) is 0 Å². The summed E-state index contributed by atoms with van der Waals surface area (Å²) in [5, 5.41) is 3.00. The quantitative estimate of drug-likeness (QED) is 0.420. The Bertz CT molecular complexity index is 1270. The van der Waals surface area contributed by atoms with Crippen molar-refractivity contribution in [2.24, 2.45) is 0 Å². The summed E-state index contributed by atoms with van der Waals surface area (Å²) in [4.78, 5) is 24.6. The van der Waals surface area contributed by atoms with Crippen molar-refractivity contribution in [3.05, 3.63) is 67.1 Å². The molecule has 0 aliphatic carbocycles. The number of aromatic nitrogens is 3. The van der Waals surface area contributed by atoms with Crippen molar-refractivity contribution in [3.63, 3.8) is 0 Å². The number of amides is 1. The Hall–Kier alpha value is -3.52. The molecule has 0 saturated carbocycles. The predicted octanol–water partition coefficient (Wildman–Crippen LogP) is 4.69. The van der Waals surface area contributed by atoms with Crippen LogP contribution in [0, 0.1) is 0 Å². The Morgan fingerprint density at radius 3 is 2.56 bits per heavy atom. The Morgan fingerprint density at radius 2 is 1.82 bits per heavy atom. The third kappa shape index (κ3) is 4.72. The van der Waals surface area contributed by atoms with Gasteiger partial charge in [0.15, 0.2) is 5.82 Å². The van der Waals surface area contributed by atoms with Crippen LogP contribution in [0.5, 0.6) is 5.75 Å². The van der Waals surface area contributed by atoms with Crippen LogP contribution in [0.3, 0.4) is 0 Å². The SMILES string of the molecule is CCOc1ccc(NC(=O)Cn2cc(-c3ccccc3)c3ncnc(N4CCSCC4)c32)cc1. The zero-order valence-electron chi connectivity index (χ0n) is 19.1. The summed E-state index contributed by atoms with van der Waals surface area (Å²) < 4.78 is 7.47. The van der Waals surface area contributed by atoms with Crippen LogP contribution in [0.15, 0.2) is 67.1 Å². The molecule has 5 rings (SSSR count). The maximum Gasteiger partial charge on any atom is 0.244 e. The van der Waals surface area contributed by atoms with Crippen LogP contribution in [0.1, 0.15) is 6.92 Å². The number of nitrogens with one attached hydrogen (secondary N) is 1. The number of rotatable bonds is 7. The lowest BCUT2D eigenvalue weighted by atomic mass is 10.1. The highest BCUT2D eigenvalue weighted by molar-refractivity contribution is 7.99. The zero-order valence-corrected chi connectivity index (χ0v) is 19.9. The molecule has 7 nitrogen and oxygen atoms in total. The minimum Gasteiger partial charge on any atom is -0.494 e. The number of anilines is 2. The number of carbonyl (C=O) groups is 1. The van der Waals surface area contributed by atoms with E-state index in [-0.39, 0.29) is 12.5 Å². The minimum absolute atomic E-state index is 0.107. The van der Waals surface area contributed by atoms with Crippen molar-refractivity contribution in [1.82, 2.24) is 14.5 Å². The molecule has 0 unspecified atom stereocenters. The van der Waals surface area contributed by atoms with E-state index in [0.29, 0.717) is 6.61 Å². The van der Waals surface area contributed by atoms with E-state index in [9.17, 15) is 4.79 Å². The highest BCUT2D eigenvalue weighted by Gasteiger charge is 2.22. The zero-order chi connectivity index (χ0) is 23.3. The third-order valence-corrected chi connectivity index (χ3v) is 6.73. The monoisotopic (exact) mass is 473 g/mol. The van der Waals surface area contributed by atoms with E-state index in [0.717, 1.165) is 64.0 Å². The molecule has 1 amide bonds. The lowest BCUT2D eigenvalue weighted by Crippen LogP contribution is -2.33. The molecule has 2 aromatic carbocycles. The van der Waals surface area contributed by atoms with Crippen LogP contribution in [0.2, 0.25) is 0 Å². The van der Waals surface area contributed by atoms with E-state index in [4.69, 9.17) is 4.74 Å². The molecular weight excluding hydrogens is 446 g/mol. The van der Waals surface area contributed by atoms with E-state index in [1.54, 1.807) is 6.33 Å². The van der Waals surface area contributed by atoms with Gasteiger partial charge in [0.05, 0.1) is 6.61 Å². The first-order chi connectivity index (χ1) is 16.7.